The molecule has 0 aliphatic carbocycles. The van der Waals surface area contributed by atoms with Crippen LogP contribution in [0.4, 0.5) is 0 Å². The minimum Gasteiger partial charge on any atom is -0.490 e. The highest BCUT2D eigenvalue weighted by Gasteiger charge is 2.16. The van der Waals surface area contributed by atoms with Gasteiger partial charge in [-0.1, -0.05) is 42.2 Å². The molecule has 36 heavy (non-hydrogen) atoms. The number of furan rings is 1. The normalized spacial score (nSPS) is 11.8. The molecule has 0 bridgehead atoms. The van der Waals surface area contributed by atoms with Crippen molar-refractivity contribution in [3.63, 3.8) is 0 Å². The number of fused-ring (bicyclic) bond motifs is 1. The summed E-state index contributed by atoms with van der Waals surface area (Å²) in [7, 11) is 0. The SMILES string of the molecule is C=CCOc1ccc(-c2nc3sc(=Cc4cn(-c5ccccc5)nc4-c4ccco4)c(=O)n3n2)cc1. The molecule has 0 N–H and O–H groups in total. The van der Waals surface area contributed by atoms with Crippen LogP contribution in [0.15, 0.2) is 101 Å². The van der Waals surface area contributed by atoms with Crippen LogP contribution in [0.25, 0.3) is 39.6 Å². The van der Waals surface area contributed by atoms with Crippen LogP contribution in [0, 0.1) is 0 Å². The van der Waals surface area contributed by atoms with E-state index < -0.39 is 0 Å². The van der Waals surface area contributed by atoms with Crippen LogP contribution in [0.1, 0.15) is 5.56 Å². The summed E-state index contributed by atoms with van der Waals surface area (Å²) >= 11 is 1.28. The van der Waals surface area contributed by atoms with E-state index in [-0.39, 0.29) is 5.56 Å². The molecule has 0 spiro atoms. The van der Waals surface area contributed by atoms with Crippen LogP contribution in [-0.2, 0) is 0 Å². The maximum atomic E-state index is 13.2. The third kappa shape index (κ3) is 4.01. The fourth-order valence-corrected chi connectivity index (χ4v) is 4.66. The Hall–Kier alpha value is -4.76. The lowest BCUT2D eigenvalue weighted by Gasteiger charge is -2.02. The number of thiazole rings is 1. The van der Waals surface area contributed by atoms with Gasteiger partial charge in [0.05, 0.1) is 16.5 Å². The molecule has 0 aliphatic rings. The molecule has 6 aromatic rings. The van der Waals surface area contributed by atoms with E-state index in [0.29, 0.717) is 33.4 Å². The van der Waals surface area contributed by atoms with Crippen molar-refractivity contribution < 1.29 is 9.15 Å². The second-order valence-electron chi connectivity index (χ2n) is 7.86. The molecule has 4 aromatic heterocycles. The molecule has 0 fully saturated rings. The summed E-state index contributed by atoms with van der Waals surface area (Å²) in [5, 5.41) is 9.16. The van der Waals surface area contributed by atoms with Gasteiger partial charge in [-0.3, -0.25) is 4.79 Å². The molecule has 0 atom stereocenters. The molecule has 4 heterocycles. The molecule has 176 valence electrons. The fraction of sp³-hybridized carbons (Fsp3) is 0.0370. The largest absolute Gasteiger partial charge is 0.490 e. The topological polar surface area (TPSA) is 87.5 Å². The molecular weight excluding hydrogens is 474 g/mol. The minimum atomic E-state index is -0.238. The smallest absolute Gasteiger partial charge is 0.291 e. The van der Waals surface area contributed by atoms with Gasteiger partial charge in [0.25, 0.3) is 5.56 Å². The molecule has 0 saturated carbocycles. The first-order valence-corrected chi connectivity index (χ1v) is 12.0. The highest BCUT2D eigenvalue weighted by molar-refractivity contribution is 7.15. The number of hydrogen-bond donors (Lipinski definition) is 0. The van der Waals surface area contributed by atoms with Gasteiger partial charge in [0.1, 0.15) is 18.1 Å². The lowest BCUT2D eigenvalue weighted by atomic mass is 10.2. The summed E-state index contributed by atoms with van der Waals surface area (Å²) in [5.41, 5.74) is 2.86. The minimum absolute atomic E-state index is 0.238. The summed E-state index contributed by atoms with van der Waals surface area (Å²) < 4.78 is 14.7. The third-order valence-corrected chi connectivity index (χ3v) is 6.43. The van der Waals surface area contributed by atoms with Gasteiger partial charge in [-0.05, 0) is 54.6 Å². The molecule has 6 rings (SSSR count). The van der Waals surface area contributed by atoms with E-state index in [1.165, 1.54) is 15.9 Å². The first-order chi connectivity index (χ1) is 17.7. The average Bonchev–Trinajstić information content (AvgIpc) is 3.70. The fourth-order valence-electron chi connectivity index (χ4n) is 3.76. The first kappa shape index (κ1) is 21.8. The Kier molecular flexibility index (Phi) is 5.51. The van der Waals surface area contributed by atoms with E-state index in [2.05, 4.69) is 16.7 Å². The number of nitrogens with zero attached hydrogens (tertiary/aromatic N) is 5. The number of ether oxygens (including phenoxy) is 1. The lowest BCUT2D eigenvalue weighted by molar-refractivity contribution is 0.363. The van der Waals surface area contributed by atoms with Crippen molar-refractivity contribution in [1.29, 1.82) is 0 Å². The second-order valence-corrected chi connectivity index (χ2v) is 8.87. The highest BCUT2D eigenvalue weighted by Crippen LogP contribution is 2.25. The summed E-state index contributed by atoms with van der Waals surface area (Å²) in [6.45, 7) is 4.08. The summed E-state index contributed by atoms with van der Waals surface area (Å²) in [5.74, 6) is 1.82. The Morgan fingerprint density at radius 1 is 1.03 bits per heavy atom. The van der Waals surface area contributed by atoms with E-state index in [1.54, 1.807) is 23.1 Å². The van der Waals surface area contributed by atoms with Gasteiger partial charge in [-0.25, -0.2) is 4.68 Å². The van der Waals surface area contributed by atoms with E-state index in [4.69, 9.17) is 14.3 Å². The summed E-state index contributed by atoms with van der Waals surface area (Å²) in [6.07, 6.45) is 6.97. The van der Waals surface area contributed by atoms with Crippen molar-refractivity contribution in [2.24, 2.45) is 0 Å². The Bertz CT molecular complexity index is 1770. The molecule has 0 amide bonds. The zero-order chi connectivity index (χ0) is 24.5. The molecule has 0 radical (unpaired) electrons. The van der Waals surface area contributed by atoms with Crippen molar-refractivity contribution in [3.8, 4) is 34.3 Å². The van der Waals surface area contributed by atoms with Crippen molar-refractivity contribution >= 4 is 22.4 Å². The van der Waals surface area contributed by atoms with Crippen LogP contribution in [0.2, 0.25) is 0 Å². The van der Waals surface area contributed by atoms with Crippen LogP contribution in [0.5, 0.6) is 5.75 Å². The molecule has 0 unspecified atom stereocenters. The van der Waals surface area contributed by atoms with E-state index in [9.17, 15) is 4.79 Å². The quantitative estimate of drug-likeness (QED) is 0.307. The van der Waals surface area contributed by atoms with Crippen LogP contribution >= 0.6 is 11.3 Å². The second kappa shape index (κ2) is 9.12. The third-order valence-electron chi connectivity index (χ3n) is 5.47. The number of benzene rings is 2. The van der Waals surface area contributed by atoms with Gasteiger partial charge in [0.15, 0.2) is 11.6 Å². The van der Waals surface area contributed by atoms with Gasteiger partial charge in [-0.15, -0.1) is 5.10 Å². The first-order valence-electron chi connectivity index (χ1n) is 11.1. The van der Waals surface area contributed by atoms with Gasteiger partial charge in [-0.2, -0.15) is 14.6 Å². The van der Waals surface area contributed by atoms with Crippen molar-refractivity contribution in [2.45, 2.75) is 0 Å². The van der Waals surface area contributed by atoms with Crippen molar-refractivity contribution in [3.05, 3.63) is 112 Å². The zero-order valence-corrected chi connectivity index (χ0v) is 19.8. The maximum Gasteiger partial charge on any atom is 0.291 e. The number of rotatable bonds is 7. The van der Waals surface area contributed by atoms with Gasteiger partial charge < -0.3 is 9.15 Å². The van der Waals surface area contributed by atoms with Crippen LogP contribution < -0.4 is 14.8 Å². The van der Waals surface area contributed by atoms with Crippen molar-refractivity contribution in [2.75, 3.05) is 6.61 Å². The zero-order valence-electron chi connectivity index (χ0n) is 18.9. The molecule has 2 aromatic carbocycles. The monoisotopic (exact) mass is 493 g/mol. The number of para-hydroxylation sites is 1. The predicted molar refractivity (Wildman–Crippen MR) is 138 cm³/mol. The summed E-state index contributed by atoms with van der Waals surface area (Å²) in [4.78, 5) is 18.3. The molecule has 9 heteroatoms. The standard InChI is InChI=1S/C27H19N5O3S/c1-2-14-34-21-12-10-18(11-13-21)25-28-27-32(30-25)26(33)23(36-27)16-19-17-31(20-7-4-3-5-8-20)29-24(19)22-9-6-15-35-22/h2-13,15-17H,1,14H2. The maximum absolute atomic E-state index is 13.2. The average molecular weight is 494 g/mol. The van der Waals surface area contributed by atoms with Gasteiger partial charge in [0, 0.05) is 17.3 Å². The molecule has 0 aliphatic heterocycles. The Balaban J connectivity index is 1.39. The van der Waals surface area contributed by atoms with E-state index >= 15 is 0 Å². The summed E-state index contributed by atoms with van der Waals surface area (Å²) in [6, 6.07) is 20.8. The molecule has 0 saturated heterocycles. The molecular formula is C27H19N5O3S. The Morgan fingerprint density at radius 3 is 2.58 bits per heavy atom. The van der Waals surface area contributed by atoms with Gasteiger partial charge >= 0.3 is 0 Å². The number of hydrogen-bond acceptors (Lipinski definition) is 7. The van der Waals surface area contributed by atoms with Crippen LogP contribution in [-0.4, -0.2) is 31.0 Å². The molecule has 8 nitrogen and oxygen atoms in total. The number of aromatic nitrogens is 5. The lowest BCUT2D eigenvalue weighted by Crippen LogP contribution is -2.23. The Morgan fingerprint density at radius 2 is 1.86 bits per heavy atom. The Labute approximate surface area is 209 Å². The predicted octanol–water partition coefficient (Wildman–Crippen LogP) is 4.38. The van der Waals surface area contributed by atoms with Crippen molar-refractivity contribution in [1.82, 2.24) is 24.4 Å². The highest BCUT2D eigenvalue weighted by atomic mass is 32.1. The van der Waals surface area contributed by atoms with Gasteiger partial charge in [0.2, 0.25) is 4.96 Å². The van der Waals surface area contributed by atoms with Crippen LogP contribution in [0.3, 0.4) is 0 Å². The van der Waals surface area contributed by atoms with E-state index in [1.807, 2.05) is 72.9 Å². The van der Waals surface area contributed by atoms with E-state index in [0.717, 1.165) is 22.6 Å².